The van der Waals surface area contributed by atoms with Gasteiger partial charge in [0.25, 0.3) is 0 Å². The first-order valence-corrected chi connectivity index (χ1v) is 3.71. The van der Waals surface area contributed by atoms with Crippen molar-refractivity contribution in [1.29, 1.82) is 0 Å². The number of fused-ring (bicyclic) bond motifs is 1. The predicted molar refractivity (Wildman–Crippen MR) is 33.1 cm³/mol. The summed E-state index contributed by atoms with van der Waals surface area (Å²) in [5, 5.41) is 9.27. The molecule has 2 heteroatoms. The first-order chi connectivity index (χ1) is 4.38. The lowest BCUT2D eigenvalue weighted by Crippen LogP contribution is -2.14. The maximum atomic E-state index is 9.27. The normalized spacial score (nSPS) is 49.7. The highest BCUT2D eigenvalue weighted by molar-refractivity contribution is 4.92. The van der Waals surface area contributed by atoms with Crippen LogP contribution in [0.2, 0.25) is 0 Å². The summed E-state index contributed by atoms with van der Waals surface area (Å²) < 4.78 is 5.22. The number of ether oxygens (including phenoxy) is 1. The van der Waals surface area contributed by atoms with Gasteiger partial charge in [0.2, 0.25) is 0 Å². The van der Waals surface area contributed by atoms with Gasteiger partial charge in [0.05, 0.1) is 12.2 Å². The van der Waals surface area contributed by atoms with Gasteiger partial charge in [0, 0.05) is 0 Å². The minimum atomic E-state index is -0.155. The number of hydrogen-bond donors (Lipinski definition) is 1. The minimum absolute atomic E-state index is 0.155. The summed E-state index contributed by atoms with van der Waals surface area (Å²) >= 11 is 0. The molecule has 1 saturated carbocycles. The summed E-state index contributed by atoms with van der Waals surface area (Å²) in [4.78, 5) is 0. The Morgan fingerprint density at radius 3 is 2.89 bits per heavy atom. The van der Waals surface area contributed by atoms with E-state index in [9.17, 15) is 5.11 Å². The molecule has 1 aliphatic heterocycles. The molecular weight excluding hydrogens is 116 g/mol. The molecule has 1 saturated heterocycles. The summed E-state index contributed by atoms with van der Waals surface area (Å²) in [5.74, 6) is 0. The summed E-state index contributed by atoms with van der Waals surface area (Å²) in [5.41, 5.74) is 0. The van der Waals surface area contributed by atoms with Gasteiger partial charge in [-0.25, -0.2) is 0 Å². The molecule has 0 aromatic carbocycles. The third kappa shape index (κ3) is 0.970. The van der Waals surface area contributed by atoms with Crippen molar-refractivity contribution in [1.82, 2.24) is 0 Å². The SMILES string of the molecule is O[C@H]1CCCC[C@@H]2O[C@@H]21. The summed E-state index contributed by atoms with van der Waals surface area (Å²) in [6.45, 7) is 0. The van der Waals surface area contributed by atoms with Gasteiger partial charge in [-0.3, -0.25) is 0 Å². The van der Waals surface area contributed by atoms with Crippen LogP contribution in [-0.4, -0.2) is 23.4 Å². The molecule has 3 atom stereocenters. The van der Waals surface area contributed by atoms with Crippen LogP contribution in [0.15, 0.2) is 0 Å². The van der Waals surface area contributed by atoms with Gasteiger partial charge in [0.15, 0.2) is 0 Å². The van der Waals surface area contributed by atoms with E-state index in [1.807, 2.05) is 0 Å². The van der Waals surface area contributed by atoms with Crippen LogP contribution in [0.5, 0.6) is 0 Å². The van der Waals surface area contributed by atoms with E-state index in [2.05, 4.69) is 0 Å². The molecule has 2 fully saturated rings. The highest BCUT2D eigenvalue weighted by Gasteiger charge is 2.44. The van der Waals surface area contributed by atoms with Crippen molar-refractivity contribution < 1.29 is 9.84 Å². The molecule has 1 aliphatic carbocycles. The quantitative estimate of drug-likeness (QED) is 0.487. The lowest BCUT2D eigenvalue weighted by Gasteiger charge is -2.02. The van der Waals surface area contributed by atoms with Crippen molar-refractivity contribution >= 4 is 0 Å². The fourth-order valence-electron chi connectivity index (χ4n) is 1.59. The summed E-state index contributed by atoms with van der Waals surface area (Å²) in [6.07, 6.45) is 5.01. The average molecular weight is 128 g/mol. The molecule has 0 spiro atoms. The van der Waals surface area contributed by atoms with E-state index in [1.54, 1.807) is 0 Å². The van der Waals surface area contributed by atoms with Crippen LogP contribution in [0.25, 0.3) is 0 Å². The Morgan fingerprint density at radius 2 is 2.00 bits per heavy atom. The largest absolute Gasteiger partial charge is 0.390 e. The first kappa shape index (κ1) is 5.69. The molecule has 2 nitrogen and oxygen atoms in total. The summed E-state index contributed by atoms with van der Waals surface area (Å²) in [7, 11) is 0. The van der Waals surface area contributed by atoms with E-state index in [4.69, 9.17) is 4.74 Å². The lowest BCUT2D eigenvalue weighted by molar-refractivity contribution is 0.122. The summed E-state index contributed by atoms with van der Waals surface area (Å²) in [6, 6.07) is 0. The molecule has 0 radical (unpaired) electrons. The predicted octanol–water partition coefficient (Wildman–Crippen LogP) is 0.689. The van der Waals surface area contributed by atoms with E-state index in [0.717, 1.165) is 6.42 Å². The minimum Gasteiger partial charge on any atom is -0.390 e. The van der Waals surface area contributed by atoms with E-state index in [1.165, 1.54) is 19.3 Å². The standard InChI is InChI=1S/C7H12O2/c8-5-3-1-2-4-6-7(5)9-6/h5-8H,1-4H2/t5-,6-,7+/m0/s1. The Hall–Kier alpha value is -0.0800. The molecular formula is C7H12O2. The van der Waals surface area contributed by atoms with Crippen LogP contribution < -0.4 is 0 Å². The molecule has 9 heavy (non-hydrogen) atoms. The first-order valence-electron chi connectivity index (χ1n) is 3.71. The maximum absolute atomic E-state index is 9.27. The Morgan fingerprint density at radius 1 is 1.22 bits per heavy atom. The second kappa shape index (κ2) is 1.96. The van der Waals surface area contributed by atoms with E-state index >= 15 is 0 Å². The second-order valence-corrected chi connectivity index (χ2v) is 2.99. The smallest absolute Gasteiger partial charge is 0.110 e. The van der Waals surface area contributed by atoms with Crippen molar-refractivity contribution in [2.24, 2.45) is 0 Å². The zero-order valence-electron chi connectivity index (χ0n) is 5.42. The fraction of sp³-hybridized carbons (Fsp3) is 1.00. The zero-order valence-corrected chi connectivity index (χ0v) is 5.42. The average Bonchev–Trinajstić information content (AvgIpc) is 2.55. The van der Waals surface area contributed by atoms with Gasteiger partial charge in [-0.2, -0.15) is 0 Å². The van der Waals surface area contributed by atoms with Crippen molar-refractivity contribution in [3.63, 3.8) is 0 Å². The Kier molecular flexibility index (Phi) is 1.24. The molecule has 2 aliphatic rings. The van der Waals surface area contributed by atoms with E-state index in [0.29, 0.717) is 6.10 Å². The van der Waals surface area contributed by atoms with Gasteiger partial charge in [-0.15, -0.1) is 0 Å². The molecule has 0 aromatic rings. The molecule has 2 rings (SSSR count). The van der Waals surface area contributed by atoms with Gasteiger partial charge in [-0.1, -0.05) is 12.8 Å². The third-order valence-corrected chi connectivity index (χ3v) is 2.24. The maximum Gasteiger partial charge on any atom is 0.110 e. The Bertz CT molecular complexity index is 113. The molecule has 0 unspecified atom stereocenters. The van der Waals surface area contributed by atoms with Crippen molar-refractivity contribution in [2.45, 2.75) is 44.0 Å². The van der Waals surface area contributed by atoms with Gasteiger partial charge >= 0.3 is 0 Å². The van der Waals surface area contributed by atoms with Crippen molar-refractivity contribution in [2.75, 3.05) is 0 Å². The van der Waals surface area contributed by atoms with Crippen LogP contribution in [-0.2, 0) is 4.74 Å². The molecule has 1 heterocycles. The molecule has 0 bridgehead atoms. The van der Waals surface area contributed by atoms with Crippen LogP contribution >= 0.6 is 0 Å². The number of epoxide rings is 1. The Labute approximate surface area is 54.8 Å². The third-order valence-electron chi connectivity index (χ3n) is 2.24. The van der Waals surface area contributed by atoms with Gasteiger partial charge in [0.1, 0.15) is 6.10 Å². The van der Waals surface area contributed by atoms with Crippen molar-refractivity contribution in [3.05, 3.63) is 0 Å². The number of aliphatic hydroxyl groups excluding tert-OH is 1. The topological polar surface area (TPSA) is 32.8 Å². The molecule has 0 amide bonds. The van der Waals surface area contributed by atoms with Crippen LogP contribution in [0, 0.1) is 0 Å². The molecule has 1 N–H and O–H groups in total. The highest BCUT2D eigenvalue weighted by Crippen LogP contribution is 2.34. The van der Waals surface area contributed by atoms with Crippen LogP contribution in [0.3, 0.4) is 0 Å². The van der Waals surface area contributed by atoms with E-state index in [-0.39, 0.29) is 12.2 Å². The Balaban J connectivity index is 1.96. The number of rotatable bonds is 0. The zero-order chi connectivity index (χ0) is 6.27. The van der Waals surface area contributed by atoms with Gasteiger partial charge in [-0.05, 0) is 12.8 Å². The van der Waals surface area contributed by atoms with Crippen molar-refractivity contribution in [3.8, 4) is 0 Å². The molecule has 52 valence electrons. The van der Waals surface area contributed by atoms with Crippen LogP contribution in [0.1, 0.15) is 25.7 Å². The van der Waals surface area contributed by atoms with Crippen LogP contribution in [0.4, 0.5) is 0 Å². The lowest BCUT2D eigenvalue weighted by atomic mass is 10.2. The highest BCUT2D eigenvalue weighted by atomic mass is 16.6. The second-order valence-electron chi connectivity index (χ2n) is 2.99. The van der Waals surface area contributed by atoms with E-state index < -0.39 is 0 Å². The number of hydrogen-bond acceptors (Lipinski definition) is 2. The monoisotopic (exact) mass is 128 g/mol. The number of aliphatic hydroxyl groups is 1. The fourth-order valence-corrected chi connectivity index (χ4v) is 1.59. The van der Waals surface area contributed by atoms with Gasteiger partial charge < -0.3 is 9.84 Å². The molecule has 0 aromatic heterocycles.